The highest BCUT2D eigenvalue weighted by atomic mass is 16.2. The van der Waals surface area contributed by atoms with Crippen molar-refractivity contribution in [3.05, 3.63) is 31.2 Å². The van der Waals surface area contributed by atoms with Gasteiger partial charge in [0.05, 0.1) is 6.20 Å². The molecule has 142 valence electrons. The topological polar surface area (TPSA) is 57.0 Å². The predicted molar refractivity (Wildman–Crippen MR) is 105 cm³/mol. The highest BCUT2D eigenvalue weighted by molar-refractivity contribution is 5.88. The molecule has 0 aromatic carbocycles. The van der Waals surface area contributed by atoms with E-state index in [-0.39, 0.29) is 18.0 Å². The third-order valence-electron chi connectivity index (χ3n) is 6.27. The fraction of sp³-hybridized carbons (Fsp3) is 0.550. The highest BCUT2D eigenvalue weighted by Gasteiger charge is 2.42. The van der Waals surface area contributed by atoms with Crippen LogP contribution in [0.3, 0.4) is 0 Å². The Kier molecular flexibility index (Phi) is 4.02. The molecule has 2 aromatic rings. The minimum Gasteiger partial charge on any atom is -0.351 e. The standard InChI is InChI=1S/C20H26N6O/c1-2-18(27)26-15-6-7-16(26)14-24(13-15)19-17-12-22-20(25(17)11-8-21-19)23-9-4-3-5-10-23/h2,8,11-12,15-16H,1,3-7,9-10,13-14H2. The van der Waals surface area contributed by atoms with Gasteiger partial charge in [0.1, 0.15) is 5.52 Å². The first kappa shape index (κ1) is 16.6. The summed E-state index contributed by atoms with van der Waals surface area (Å²) in [6.45, 7) is 7.46. The van der Waals surface area contributed by atoms with Crippen LogP contribution in [0.15, 0.2) is 31.2 Å². The lowest BCUT2D eigenvalue weighted by Crippen LogP contribution is -2.55. The maximum atomic E-state index is 12.2. The lowest BCUT2D eigenvalue weighted by molar-refractivity contribution is -0.129. The summed E-state index contributed by atoms with van der Waals surface area (Å²) in [4.78, 5) is 28.4. The fourth-order valence-electron chi connectivity index (χ4n) is 5.01. The number of rotatable bonds is 3. The maximum absolute atomic E-state index is 12.2. The molecular formula is C20H26N6O. The van der Waals surface area contributed by atoms with E-state index in [1.165, 1.54) is 25.3 Å². The quantitative estimate of drug-likeness (QED) is 0.779. The lowest BCUT2D eigenvalue weighted by atomic mass is 10.1. The van der Waals surface area contributed by atoms with E-state index in [4.69, 9.17) is 9.97 Å². The molecule has 0 spiro atoms. The molecule has 2 bridgehead atoms. The normalized spacial score (nSPS) is 25.3. The third kappa shape index (κ3) is 2.67. The van der Waals surface area contributed by atoms with Crippen molar-refractivity contribution in [2.24, 2.45) is 0 Å². The molecule has 7 heteroatoms. The zero-order valence-corrected chi connectivity index (χ0v) is 15.6. The van der Waals surface area contributed by atoms with E-state index >= 15 is 0 Å². The van der Waals surface area contributed by atoms with E-state index in [9.17, 15) is 4.79 Å². The van der Waals surface area contributed by atoms with Crippen molar-refractivity contribution in [3.8, 4) is 0 Å². The van der Waals surface area contributed by atoms with Gasteiger partial charge in [-0.15, -0.1) is 0 Å². The van der Waals surface area contributed by atoms with E-state index in [2.05, 4.69) is 20.8 Å². The number of amides is 1. The average Bonchev–Trinajstić information content (AvgIpc) is 3.26. The molecule has 0 N–H and O–H groups in total. The second-order valence-corrected chi connectivity index (χ2v) is 7.85. The van der Waals surface area contributed by atoms with E-state index < -0.39 is 0 Å². The molecule has 0 radical (unpaired) electrons. The molecule has 5 rings (SSSR count). The summed E-state index contributed by atoms with van der Waals surface area (Å²) >= 11 is 0. The SMILES string of the molecule is C=CC(=O)N1C2CCC1CN(c1nccn3c(N4CCCCC4)ncc13)C2. The number of hydrogen-bond acceptors (Lipinski definition) is 5. The molecule has 0 saturated carbocycles. The van der Waals surface area contributed by atoms with Crippen molar-refractivity contribution in [3.63, 3.8) is 0 Å². The van der Waals surface area contributed by atoms with Crippen LogP contribution in [0.2, 0.25) is 0 Å². The zero-order valence-electron chi connectivity index (χ0n) is 15.6. The summed E-state index contributed by atoms with van der Waals surface area (Å²) in [6.07, 6.45) is 13.2. The van der Waals surface area contributed by atoms with Crippen molar-refractivity contribution in [2.75, 3.05) is 36.0 Å². The molecule has 2 unspecified atom stereocenters. The minimum atomic E-state index is 0.0602. The van der Waals surface area contributed by atoms with E-state index in [1.807, 2.05) is 23.5 Å². The summed E-state index contributed by atoms with van der Waals surface area (Å²) in [5, 5.41) is 0. The minimum absolute atomic E-state index is 0.0602. The van der Waals surface area contributed by atoms with Crippen molar-refractivity contribution >= 4 is 23.2 Å². The molecule has 7 nitrogen and oxygen atoms in total. The molecule has 3 fully saturated rings. The number of piperazine rings is 1. The first-order valence-corrected chi connectivity index (χ1v) is 10.0. The van der Waals surface area contributed by atoms with Crippen LogP contribution < -0.4 is 9.80 Å². The Morgan fingerprint density at radius 3 is 2.52 bits per heavy atom. The van der Waals surface area contributed by atoms with Crippen LogP contribution in [0.4, 0.5) is 11.8 Å². The summed E-state index contributed by atoms with van der Waals surface area (Å²) < 4.78 is 2.18. The van der Waals surface area contributed by atoms with Gasteiger partial charge in [0.2, 0.25) is 11.9 Å². The van der Waals surface area contributed by atoms with Crippen molar-refractivity contribution in [2.45, 2.75) is 44.2 Å². The number of nitrogens with zero attached hydrogens (tertiary/aromatic N) is 6. The van der Waals surface area contributed by atoms with Crippen molar-refractivity contribution in [1.29, 1.82) is 0 Å². The largest absolute Gasteiger partial charge is 0.351 e. The molecule has 5 heterocycles. The Morgan fingerprint density at radius 2 is 1.81 bits per heavy atom. The molecule has 3 aliphatic heterocycles. The van der Waals surface area contributed by atoms with Gasteiger partial charge in [-0.3, -0.25) is 9.20 Å². The molecular weight excluding hydrogens is 340 g/mol. The van der Waals surface area contributed by atoms with Crippen LogP contribution in [0.5, 0.6) is 0 Å². The summed E-state index contributed by atoms with van der Waals surface area (Å²) in [5.74, 6) is 2.07. The maximum Gasteiger partial charge on any atom is 0.246 e. The Labute approximate surface area is 159 Å². The summed E-state index contributed by atoms with van der Waals surface area (Å²) in [6, 6.07) is 0.501. The molecule has 27 heavy (non-hydrogen) atoms. The second kappa shape index (κ2) is 6.55. The van der Waals surface area contributed by atoms with Gasteiger partial charge < -0.3 is 14.7 Å². The highest BCUT2D eigenvalue weighted by Crippen LogP contribution is 2.34. The lowest BCUT2D eigenvalue weighted by Gasteiger charge is -2.41. The Hall–Kier alpha value is -2.57. The molecule has 3 saturated heterocycles. The predicted octanol–water partition coefficient (Wildman–Crippen LogP) is 2.09. The number of carbonyl (C=O) groups is 1. The summed E-state index contributed by atoms with van der Waals surface area (Å²) in [7, 11) is 0. The Bertz CT molecular complexity index is 856. The number of imidazole rings is 1. The zero-order chi connectivity index (χ0) is 18.4. The van der Waals surface area contributed by atoms with E-state index in [0.717, 1.165) is 56.3 Å². The number of fused-ring (bicyclic) bond motifs is 3. The average molecular weight is 366 g/mol. The number of aromatic nitrogens is 3. The van der Waals surface area contributed by atoms with Crippen LogP contribution in [-0.2, 0) is 4.79 Å². The first-order valence-electron chi connectivity index (χ1n) is 10.0. The second-order valence-electron chi connectivity index (χ2n) is 7.85. The Balaban J connectivity index is 1.45. The van der Waals surface area contributed by atoms with Gasteiger partial charge in [-0.25, -0.2) is 9.97 Å². The molecule has 3 aliphatic rings. The van der Waals surface area contributed by atoms with Crippen LogP contribution in [-0.4, -0.2) is 63.4 Å². The first-order chi connectivity index (χ1) is 13.3. The molecule has 0 aliphatic carbocycles. The van der Waals surface area contributed by atoms with Gasteiger partial charge in [0.25, 0.3) is 0 Å². The monoisotopic (exact) mass is 366 g/mol. The van der Waals surface area contributed by atoms with E-state index in [0.29, 0.717) is 0 Å². The number of hydrogen-bond donors (Lipinski definition) is 0. The van der Waals surface area contributed by atoms with Gasteiger partial charge in [-0.2, -0.15) is 0 Å². The van der Waals surface area contributed by atoms with Crippen LogP contribution in [0.1, 0.15) is 32.1 Å². The van der Waals surface area contributed by atoms with Gasteiger partial charge in [-0.05, 0) is 38.2 Å². The van der Waals surface area contributed by atoms with Crippen LogP contribution >= 0.6 is 0 Å². The fourth-order valence-corrected chi connectivity index (χ4v) is 5.01. The van der Waals surface area contributed by atoms with Crippen LogP contribution in [0.25, 0.3) is 5.52 Å². The van der Waals surface area contributed by atoms with Crippen LogP contribution in [0, 0.1) is 0 Å². The van der Waals surface area contributed by atoms with Gasteiger partial charge in [-0.1, -0.05) is 6.58 Å². The molecule has 2 atom stereocenters. The van der Waals surface area contributed by atoms with Crippen molar-refractivity contribution in [1.82, 2.24) is 19.3 Å². The Morgan fingerprint density at radius 1 is 1.07 bits per heavy atom. The molecule has 1 amide bonds. The van der Waals surface area contributed by atoms with Gasteiger partial charge in [0, 0.05) is 50.7 Å². The molecule has 2 aromatic heterocycles. The number of piperidine rings is 1. The van der Waals surface area contributed by atoms with Crippen molar-refractivity contribution < 1.29 is 4.79 Å². The summed E-state index contributed by atoms with van der Waals surface area (Å²) in [5.41, 5.74) is 1.06. The number of carbonyl (C=O) groups excluding carboxylic acids is 1. The van der Waals surface area contributed by atoms with E-state index in [1.54, 1.807) is 0 Å². The number of anilines is 2. The smallest absolute Gasteiger partial charge is 0.246 e. The van der Waals surface area contributed by atoms with Gasteiger partial charge >= 0.3 is 0 Å². The third-order valence-corrected chi connectivity index (χ3v) is 6.27. The van der Waals surface area contributed by atoms with Gasteiger partial charge in [0.15, 0.2) is 5.82 Å².